The summed E-state index contributed by atoms with van der Waals surface area (Å²) in [5.74, 6) is -15.5. The summed E-state index contributed by atoms with van der Waals surface area (Å²) >= 11 is 2.77. The smallest absolute Gasteiger partial charge is 0.194 e. The van der Waals surface area contributed by atoms with Crippen molar-refractivity contribution in [1.29, 1.82) is 0 Å². The standard InChI is InChI=1S/C38H50F6S2/c1-5-6-7-8-9-10-11-12-13-14-15-16-17-18-19-20-24-28-26(2)30-32-33(37(41,42)38(43,44)36(32,39)40)31-27-23-21-22-25-29(27)46-35(31,4)34(30,3)45-28/h21-23,25H,5-20,24H2,1-4H3. The lowest BCUT2D eigenvalue weighted by molar-refractivity contribution is -0.257. The van der Waals surface area contributed by atoms with E-state index in [0.717, 1.165) is 30.6 Å². The van der Waals surface area contributed by atoms with Gasteiger partial charge in [0.05, 0.1) is 9.49 Å². The van der Waals surface area contributed by atoms with Gasteiger partial charge in [0.25, 0.3) is 0 Å². The van der Waals surface area contributed by atoms with Crippen molar-refractivity contribution in [3.05, 3.63) is 57.0 Å². The number of hydrogen-bond donors (Lipinski definition) is 0. The third-order valence-corrected chi connectivity index (χ3v) is 14.4. The minimum absolute atomic E-state index is 0.00704. The summed E-state index contributed by atoms with van der Waals surface area (Å²) in [6.45, 7) is 7.50. The largest absolute Gasteiger partial charge is 0.380 e. The summed E-state index contributed by atoms with van der Waals surface area (Å²) in [5, 5.41) is 0. The van der Waals surface area contributed by atoms with E-state index in [-0.39, 0.29) is 11.1 Å². The van der Waals surface area contributed by atoms with Crippen molar-refractivity contribution in [2.75, 3.05) is 0 Å². The monoisotopic (exact) mass is 684 g/mol. The Bertz CT molecular complexity index is 1370. The van der Waals surface area contributed by atoms with Crippen LogP contribution < -0.4 is 0 Å². The second-order valence-electron chi connectivity index (χ2n) is 14.1. The molecule has 4 aliphatic rings. The van der Waals surface area contributed by atoms with E-state index >= 15 is 26.3 Å². The minimum Gasteiger partial charge on any atom is -0.194 e. The van der Waals surface area contributed by atoms with Gasteiger partial charge in [-0.05, 0) is 66.9 Å². The molecule has 2 aliphatic carbocycles. The van der Waals surface area contributed by atoms with Crippen molar-refractivity contribution in [2.24, 2.45) is 0 Å². The fraction of sp³-hybridized carbons (Fsp3) is 0.684. The molecule has 2 heterocycles. The Kier molecular flexibility index (Phi) is 10.9. The summed E-state index contributed by atoms with van der Waals surface area (Å²) < 4.78 is 90.5. The van der Waals surface area contributed by atoms with E-state index in [2.05, 4.69) is 6.92 Å². The number of rotatable bonds is 17. The zero-order valence-electron chi connectivity index (χ0n) is 27.9. The lowest BCUT2D eigenvalue weighted by Crippen LogP contribution is -2.48. The van der Waals surface area contributed by atoms with Crippen LogP contribution in [0.15, 0.2) is 56.4 Å². The van der Waals surface area contributed by atoms with Gasteiger partial charge in [0.2, 0.25) is 0 Å². The van der Waals surface area contributed by atoms with Crippen LogP contribution in [0.2, 0.25) is 0 Å². The Balaban J connectivity index is 1.20. The SMILES string of the molecule is CCCCCCCCCCCCCCCCCCC1=C(C)C2=C3C(=C4c5ccccc5SC4(C)C2(C)S1)C(F)(F)C(F)(F)C3(F)F. The number of allylic oxidation sites excluding steroid dienone is 4. The molecule has 0 nitrogen and oxygen atoms in total. The lowest BCUT2D eigenvalue weighted by atomic mass is 9.68. The van der Waals surface area contributed by atoms with E-state index in [9.17, 15) is 0 Å². The molecule has 2 unspecified atom stereocenters. The van der Waals surface area contributed by atoms with Gasteiger partial charge < -0.3 is 0 Å². The fourth-order valence-corrected chi connectivity index (χ4v) is 11.5. The summed E-state index contributed by atoms with van der Waals surface area (Å²) in [4.78, 5) is 1.52. The first-order valence-electron chi connectivity index (χ1n) is 17.6. The van der Waals surface area contributed by atoms with Crippen molar-refractivity contribution in [1.82, 2.24) is 0 Å². The quantitative estimate of drug-likeness (QED) is 0.118. The Hall–Kier alpha value is -1.28. The van der Waals surface area contributed by atoms with Crippen LogP contribution >= 0.6 is 23.5 Å². The fourth-order valence-electron chi connectivity index (χ4n) is 8.09. The summed E-state index contributed by atoms with van der Waals surface area (Å²) in [5.41, 5.74) is -1.51. The first-order valence-corrected chi connectivity index (χ1v) is 19.2. The molecule has 1 fully saturated rings. The highest BCUT2D eigenvalue weighted by atomic mass is 32.2. The first kappa shape index (κ1) is 36.0. The van der Waals surface area contributed by atoms with Crippen LogP contribution in [0.3, 0.4) is 0 Å². The van der Waals surface area contributed by atoms with Gasteiger partial charge in [-0.3, -0.25) is 0 Å². The second-order valence-corrected chi connectivity index (χ2v) is 17.1. The summed E-state index contributed by atoms with van der Waals surface area (Å²) in [6, 6.07) is 6.78. The predicted molar refractivity (Wildman–Crippen MR) is 182 cm³/mol. The van der Waals surface area contributed by atoms with Crippen molar-refractivity contribution < 1.29 is 26.3 Å². The van der Waals surface area contributed by atoms with Crippen LogP contribution in [0.5, 0.6) is 0 Å². The van der Waals surface area contributed by atoms with Crippen molar-refractivity contribution in [2.45, 2.75) is 169 Å². The topological polar surface area (TPSA) is 0 Å². The number of unbranched alkanes of at least 4 members (excludes halogenated alkanes) is 15. The van der Waals surface area contributed by atoms with Crippen LogP contribution in [0.25, 0.3) is 5.57 Å². The van der Waals surface area contributed by atoms with Crippen molar-refractivity contribution in [3.8, 4) is 0 Å². The van der Waals surface area contributed by atoms with Gasteiger partial charge in [-0.1, -0.05) is 121 Å². The lowest BCUT2D eigenvalue weighted by Gasteiger charge is -2.47. The number of benzene rings is 1. The molecule has 8 heteroatoms. The van der Waals surface area contributed by atoms with Gasteiger partial charge >= 0.3 is 17.8 Å². The van der Waals surface area contributed by atoms with Gasteiger partial charge in [0, 0.05) is 16.0 Å². The number of halogens is 6. The highest BCUT2D eigenvalue weighted by Gasteiger charge is 2.84. The van der Waals surface area contributed by atoms with Crippen LogP contribution in [0.1, 0.15) is 142 Å². The van der Waals surface area contributed by atoms with Gasteiger partial charge in [0.1, 0.15) is 0 Å². The van der Waals surface area contributed by atoms with E-state index in [0.29, 0.717) is 22.5 Å². The highest BCUT2D eigenvalue weighted by molar-refractivity contribution is 8.08. The Labute approximate surface area is 280 Å². The normalized spacial score (nSPS) is 26.9. The molecule has 0 N–H and O–H groups in total. The molecule has 0 spiro atoms. The molecule has 46 heavy (non-hydrogen) atoms. The van der Waals surface area contributed by atoms with Gasteiger partial charge in [-0.2, -0.15) is 26.3 Å². The maximum Gasteiger partial charge on any atom is 0.380 e. The molecule has 0 aromatic heterocycles. The zero-order chi connectivity index (χ0) is 33.4. The zero-order valence-corrected chi connectivity index (χ0v) is 29.5. The minimum atomic E-state index is -5.51. The van der Waals surface area contributed by atoms with E-state index in [1.54, 1.807) is 45.0 Å². The first-order chi connectivity index (χ1) is 21.8. The van der Waals surface area contributed by atoms with Gasteiger partial charge in [0.15, 0.2) is 0 Å². The average molecular weight is 685 g/mol. The molecular formula is C38H50F6S2. The molecule has 5 rings (SSSR count). The maximum atomic E-state index is 15.7. The number of thioether (sulfide) groups is 2. The second kappa shape index (κ2) is 13.9. The molecule has 1 aromatic carbocycles. The molecule has 0 amide bonds. The molecule has 2 atom stereocenters. The van der Waals surface area contributed by atoms with Gasteiger partial charge in [-0.15, -0.1) is 23.5 Å². The third-order valence-electron chi connectivity index (χ3n) is 10.9. The van der Waals surface area contributed by atoms with Crippen LogP contribution in [0.4, 0.5) is 26.3 Å². The molecule has 2 aliphatic heterocycles. The maximum absolute atomic E-state index is 15.7. The van der Waals surface area contributed by atoms with Crippen molar-refractivity contribution in [3.63, 3.8) is 0 Å². The molecule has 0 saturated heterocycles. The van der Waals surface area contributed by atoms with Crippen LogP contribution in [-0.2, 0) is 0 Å². The Morgan fingerprint density at radius 1 is 0.543 bits per heavy atom. The van der Waals surface area contributed by atoms with Crippen LogP contribution in [0, 0.1) is 0 Å². The number of alkyl halides is 6. The average Bonchev–Trinajstić information content (AvgIpc) is 3.49. The third kappa shape index (κ3) is 5.85. The summed E-state index contributed by atoms with van der Waals surface area (Å²) in [6.07, 6.45) is 20.6. The van der Waals surface area contributed by atoms with E-state index in [1.807, 2.05) is 0 Å². The van der Waals surface area contributed by atoms with Crippen LogP contribution in [-0.4, -0.2) is 27.3 Å². The Morgan fingerprint density at radius 3 is 1.50 bits per heavy atom. The number of hydrogen-bond acceptors (Lipinski definition) is 2. The van der Waals surface area contributed by atoms with Gasteiger partial charge in [-0.25, -0.2) is 0 Å². The van der Waals surface area contributed by atoms with E-state index in [4.69, 9.17) is 0 Å². The number of fused-ring (bicyclic) bond motifs is 6. The van der Waals surface area contributed by atoms with E-state index < -0.39 is 38.4 Å². The predicted octanol–water partition coefficient (Wildman–Crippen LogP) is 14.0. The van der Waals surface area contributed by atoms with Crippen molar-refractivity contribution >= 4 is 29.1 Å². The molecule has 1 saturated carbocycles. The molecule has 0 radical (unpaired) electrons. The molecular weight excluding hydrogens is 635 g/mol. The molecule has 1 aromatic rings. The molecule has 0 bridgehead atoms. The summed E-state index contributed by atoms with van der Waals surface area (Å²) in [7, 11) is 0. The van der Waals surface area contributed by atoms with E-state index in [1.165, 1.54) is 101 Å². The molecule has 256 valence electrons. The highest BCUT2D eigenvalue weighted by Crippen LogP contribution is 2.77. The Morgan fingerprint density at radius 2 is 0.978 bits per heavy atom.